The molecule has 0 aliphatic rings. The number of imidazole rings is 1. The fourth-order valence-corrected chi connectivity index (χ4v) is 4.18. The number of carbonyl (C=O) groups is 1. The summed E-state index contributed by atoms with van der Waals surface area (Å²) in [6.45, 7) is 1.84. The first-order chi connectivity index (χ1) is 12.9. The van der Waals surface area contributed by atoms with Crippen LogP contribution in [0.2, 0.25) is 5.02 Å². The zero-order chi connectivity index (χ0) is 19.6. The molecule has 6 nitrogen and oxygen atoms in total. The second kappa shape index (κ2) is 7.54. The molecular weight excluding hydrogens is 388 g/mol. The normalized spacial score (nSPS) is 12.7. The molecule has 3 rings (SSSR count). The molecule has 1 heterocycles. The highest BCUT2D eigenvalue weighted by atomic mass is 35.5. The van der Waals surface area contributed by atoms with Crippen molar-refractivity contribution in [2.24, 2.45) is 0 Å². The van der Waals surface area contributed by atoms with Gasteiger partial charge < -0.3 is 0 Å². The molecule has 0 saturated heterocycles. The average molecular weight is 405 g/mol. The summed E-state index contributed by atoms with van der Waals surface area (Å²) in [7, 11) is -4.12. The Kier molecular flexibility index (Phi) is 5.34. The van der Waals surface area contributed by atoms with Gasteiger partial charge in [-0.3, -0.25) is 4.79 Å². The third-order valence-electron chi connectivity index (χ3n) is 4.26. The molecule has 0 aliphatic heterocycles. The van der Waals surface area contributed by atoms with E-state index in [-0.39, 0.29) is 4.90 Å². The summed E-state index contributed by atoms with van der Waals surface area (Å²) in [5.74, 6) is -1.02. The molecule has 0 saturated carbocycles. The molecule has 0 radical (unpaired) electrons. The van der Waals surface area contributed by atoms with Crippen LogP contribution in [0.15, 0.2) is 76.7 Å². The number of benzene rings is 2. The molecule has 0 unspecified atom stereocenters. The molecular formula is C19H17ClN2O4S. The van der Waals surface area contributed by atoms with Crippen LogP contribution in [0.5, 0.6) is 0 Å². The smallest absolute Gasteiger partial charge is 0.273 e. The number of hydrogen-bond acceptors (Lipinski definition) is 4. The molecule has 0 aliphatic carbocycles. The average Bonchev–Trinajstić information content (AvgIpc) is 3.06. The van der Waals surface area contributed by atoms with E-state index in [9.17, 15) is 18.0 Å². The molecule has 140 valence electrons. The fourth-order valence-electron chi connectivity index (χ4n) is 2.84. The standard InChI is InChI=1S/C19H17ClN2O4S/c1-2-17(14-6-4-3-5-7-14)18(23)21-12-13-22(19(21)24)27(25,26)16-10-8-15(20)9-11-16/h3-13,17H,2H2,1H3/t17-/m0/s1. The monoisotopic (exact) mass is 404 g/mol. The van der Waals surface area contributed by atoms with Gasteiger partial charge in [0, 0.05) is 17.4 Å². The summed E-state index contributed by atoms with van der Waals surface area (Å²) < 4.78 is 26.8. The van der Waals surface area contributed by atoms with Gasteiger partial charge in [-0.05, 0) is 36.2 Å². The summed E-state index contributed by atoms with van der Waals surface area (Å²) in [5.41, 5.74) is -0.158. The van der Waals surface area contributed by atoms with E-state index in [4.69, 9.17) is 11.6 Å². The van der Waals surface area contributed by atoms with Crippen molar-refractivity contribution in [2.45, 2.75) is 24.2 Å². The van der Waals surface area contributed by atoms with Gasteiger partial charge in [-0.2, -0.15) is 3.97 Å². The van der Waals surface area contributed by atoms with Gasteiger partial charge in [0.05, 0.1) is 10.8 Å². The van der Waals surface area contributed by atoms with Crippen LogP contribution in [0.3, 0.4) is 0 Å². The van der Waals surface area contributed by atoms with Gasteiger partial charge in [0.2, 0.25) is 5.91 Å². The lowest BCUT2D eigenvalue weighted by atomic mass is 9.96. The van der Waals surface area contributed by atoms with Gasteiger partial charge >= 0.3 is 5.69 Å². The topological polar surface area (TPSA) is 78.1 Å². The highest BCUT2D eigenvalue weighted by Gasteiger charge is 2.26. The minimum absolute atomic E-state index is 0.0886. The molecule has 1 aromatic heterocycles. The van der Waals surface area contributed by atoms with Crippen LogP contribution in [-0.2, 0) is 10.0 Å². The zero-order valence-corrected chi connectivity index (χ0v) is 16.0. The minimum Gasteiger partial charge on any atom is -0.273 e. The molecule has 27 heavy (non-hydrogen) atoms. The summed E-state index contributed by atoms with van der Waals surface area (Å²) in [4.78, 5) is 25.4. The second-order valence-corrected chi connectivity index (χ2v) is 8.17. The van der Waals surface area contributed by atoms with Crippen LogP contribution in [0.1, 0.15) is 29.6 Å². The Balaban J connectivity index is 2.01. The van der Waals surface area contributed by atoms with Gasteiger partial charge in [-0.1, -0.05) is 48.9 Å². The first-order valence-corrected chi connectivity index (χ1v) is 10.1. The van der Waals surface area contributed by atoms with E-state index >= 15 is 0 Å². The van der Waals surface area contributed by atoms with Crippen molar-refractivity contribution in [3.63, 3.8) is 0 Å². The fraction of sp³-hybridized carbons (Fsp3) is 0.158. The molecule has 0 N–H and O–H groups in total. The lowest BCUT2D eigenvalue weighted by molar-refractivity contribution is 0.0870. The third kappa shape index (κ3) is 3.61. The molecule has 1 atom stereocenters. The highest BCUT2D eigenvalue weighted by Crippen LogP contribution is 2.21. The van der Waals surface area contributed by atoms with E-state index < -0.39 is 27.5 Å². The summed E-state index contributed by atoms with van der Waals surface area (Å²) in [6, 6.07) is 14.5. The Morgan fingerprint density at radius 3 is 2.26 bits per heavy atom. The number of aromatic nitrogens is 2. The van der Waals surface area contributed by atoms with Crippen LogP contribution in [0.4, 0.5) is 0 Å². The van der Waals surface area contributed by atoms with Crippen molar-refractivity contribution in [2.75, 3.05) is 0 Å². The third-order valence-corrected chi connectivity index (χ3v) is 6.18. The number of halogens is 1. The van der Waals surface area contributed by atoms with Gasteiger partial charge in [0.1, 0.15) is 0 Å². The Morgan fingerprint density at radius 1 is 1.04 bits per heavy atom. The van der Waals surface area contributed by atoms with Crippen molar-refractivity contribution in [3.8, 4) is 0 Å². The maximum Gasteiger partial charge on any atom is 0.349 e. The Morgan fingerprint density at radius 2 is 1.67 bits per heavy atom. The van der Waals surface area contributed by atoms with Gasteiger partial charge in [0.15, 0.2) is 0 Å². The largest absolute Gasteiger partial charge is 0.349 e. The quantitative estimate of drug-likeness (QED) is 0.653. The molecule has 3 aromatic rings. The second-order valence-electron chi connectivity index (χ2n) is 5.92. The van der Waals surface area contributed by atoms with E-state index in [1.54, 1.807) is 12.1 Å². The molecule has 0 fully saturated rings. The van der Waals surface area contributed by atoms with Gasteiger partial charge in [-0.25, -0.2) is 17.8 Å². The van der Waals surface area contributed by atoms with Crippen molar-refractivity contribution in [3.05, 3.63) is 88.1 Å². The number of carbonyl (C=O) groups excluding carboxylic acids is 1. The van der Waals surface area contributed by atoms with E-state index in [2.05, 4.69) is 0 Å². The number of hydrogen-bond donors (Lipinski definition) is 0. The van der Waals surface area contributed by atoms with E-state index in [0.717, 1.165) is 16.3 Å². The van der Waals surface area contributed by atoms with Gasteiger partial charge in [-0.15, -0.1) is 0 Å². The van der Waals surface area contributed by atoms with Crippen LogP contribution in [0, 0.1) is 0 Å². The van der Waals surface area contributed by atoms with E-state index in [0.29, 0.717) is 15.4 Å². The number of rotatable bonds is 5. The van der Waals surface area contributed by atoms with E-state index in [1.165, 1.54) is 30.5 Å². The van der Waals surface area contributed by atoms with Crippen LogP contribution >= 0.6 is 11.6 Å². The molecule has 0 amide bonds. The number of nitrogens with zero attached hydrogens (tertiary/aromatic N) is 2. The minimum atomic E-state index is -4.12. The Labute approximate surface area is 161 Å². The predicted octanol–water partition coefficient (Wildman–Crippen LogP) is 3.37. The zero-order valence-electron chi connectivity index (χ0n) is 14.4. The van der Waals surface area contributed by atoms with Crippen molar-refractivity contribution < 1.29 is 13.2 Å². The summed E-state index contributed by atoms with van der Waals surface area (Å²) in [5, 5.41) is 0.377. The first-order valence-electron chi connectivity index (χ1n) is 8.26. The maximum absolute atomic E-state index is 12.9. The Bertz CT molecular complexity index is 1120. The maximum atomic E-state index is 12.9. The molecule has 2 aromatic carbocycles. The molecule has 0 spiro atoms. The van der Waals surface area contributed by atoms with Crippen molar-refractivity contribution >= 4 is 27.5 Å². The van der Waals surface area contributed by atoms with Gasteiger partial charge in [0.25, 0.3) is 10.0 Å². The Hall–Kier alpha value is -2.64. The SMILES string of the molecule is CC[C@H](C(=O)n1ccn(S(=O)(=O)c2ccc(Cl)cc2)c1=O)c1ccccc1. The van der Waals surface area contributed by atoms with Crippen molar-refractivity contribution in [1.82, 2.24) is 8.54 Å². The molecule has 8 heteroatoms. The van der Waals surface area contributed by atoms with Crippen molar-refractivity contribution in [1.29, 1.82) is 0 Å². The van der Waals surface area contributed by atoms with E-state index in [1.807, 2.05) is 25.1 Å². The predicted molar refractivity (Wildman–Crippen MR) is 103 cm³/mol. The summed E-state index contributed by atoms with van der Waals surface area (Å²) in [6.07, 6.45) is 2.75. The van der Waals surface area contributed by atoms with Crippen LogP contribution < -0.4 is 5.69 Å². The summed E-state index contributed by atoms with van der Waals surface area (Å²) >= 11 is 5.78. The lowest BCUT2D eigenvalue weighted by Crippen LogP contribution is -2.34. The highest BCUT2D eigenvalue weighted by molar-refractivity contribution is 7.90. The molecule has 0 bridgehead atoms. The van der Waals surface area contributed by atoms with Crippen LogP contribution in [-0.4, -0.2) is 22.9 Å². The van der Waals surface area contributed by atoms with Crippen LogP contribution in [0.25, 0.3) is 0 Å². The first kappa shape index (κ1) is 19.1. The lowest BCUT2D eigenvalue weighted by Gasteiger charge is -2.13.